The summed E-state index contributed by atoms with van der Waals surface area (Å²) >= 11 is 1.61. The Morgan fingerprint density at radius 3 is 2.59 bits per heavy atom. The summed E-state index contributed by atoms with van der Waals surface area (Å²) in [5.41, 5.74) is 1.60. The maximum Gasteiger partial charge on any atom is 0.238 e. The highest BCUT2D eigenvalue weighted by Gasteiger charge is 2.25. The second kappa shape index (κ2) is 9.31. The molecule has 0 radical (unpaired) electrons. The Morgan fingerprint density at radius 2 is 2.00 bits per heavy atom. The van der Waals surface area contributed by atoms with E-state index in [2.05, 4.69) is 20.6 Å². The van der Waals surface area contributed by atoms with E-state index >= 15 is 0 Å². The Hall–Kier alpha value is -1.85. The summed E-state index contributed by atoms with van der Waals surface area (Å²) in [6, 6.07) is 5.88. The molecule has 1 aliphatic heterocycles. The number of primary sulfonamides is 1. The molecule has 3 N–H and O–H groups in total. The number of ether oxygens (including phenoxy) is 1. The Balaban J connectivity index is 1.48. The number of carbonyl (C=O) groups is 1. The molecule has 0 spiro atoms. The van der Waals surface area contributed by atoms with Crippen LogP contribution < -0.4 is 10.5 Å². The van der Waals surface area contributed by atoms with Crippen molar-refractivity contribution in [2.75, 3.05) is 25.5 Å². The van der Waals surface area contributed by atoms with Gasteiger partial charge in [-0.3, -0.25) is 9.69 Å². The first-order chi connectivity index (χ1) is 13.8. The summed E-state index contributed by atoms with van der Waals surface area (Å²) in [7, 11) is -2.06. The monoisotopic (exact) mass is 438 g/mol. The van der Waals surface area contributed by atoms with Crippen LogP contribution in [0.15, 0.2) is 34.5 Å². The number of piperidine rings is 1. The minimum absolute atomic E-state index is 0.00204. The fourth-order valence-corrected chi connectivity index (χ4v) is 4.59. The predicted octanol–water partition coefficient (Wildman–Crippen LogP) is 2.35. The van der Waals surface area contributed by atoms with Gasteiger partial charge in [-0.05, 0) is 57.1 Å². The van der Waals surface area contributed by atoms with E-state index in [4.69, 9.17) is 9.88 Å². The van der Waals surface area contributed by atoms with E-state index in [1.54, 1.807) is 30.6 Å². The van der Waals surface area contributed by atoms with Crippen LogP contribution in [0.25, 0.3) is 0 Å². The van der Waals surface area contributed by atoms with Gasteiger partial charge < -0.3 is 10.1 Å². The standard InChI is InChI=1S/C19H26N4O4S2/c1-13(27-2)19-22-16(12-28-19)11-23-9-7-14(8-10-23)18(24)21-15-3-5-17(6-4-15)29(20,25)26/h3-6,12-14H,7-11H2,1-2H3,(H,21,24)(H2,20,25,26)/t13-/m0/s1. The first-order valence-electron chi connectivity index (χ1n) is 9.39. The van der Waals surface area contributed by atoms with Gasteiger partial charge >= 0.3 is 0 Å². The molecule has 0 bridgehead atoms. The van der Waals surface area contributed by atoms with Crippen LogP contribution in [0.5, 0.6) is 0 Å². The quantitative estimate of drug-likeness (QED) is 0.686. The maximum absolute atomic E-state index is 12.5. The van der Waals surface area contributed by atoms with E-state index in [1.807, 2.05) is 6.92 Å². The number of nitrogens with zero attached hydrogens (tertiary/aromatic N) is 2. The van der Waals surface area contributed by atoms with E-state index in [0.29, 0.717) is 5.69 Å². The molecule has 1 aromatic heterocycles. The summed E-state index contributed by atoms with van der Waals surface area (Å²) in [4.78, 5) is 19.5. The van der Waals surface area contributed by atoms with E-state index in [-0.39, 0.29) is 22.8 Å². The molecular formula is C19H26N4O4S2. The molecule has 0 saturated carbocycles. The van der Waals surface area contributed by atoms with Gasteiger partial charge in [0.2, 0.25) is 15.9 Å². The van der Waals surface area contributed by atoms with Crippen molar-refractivity contribution in [2.45, 2.75) is 37.3 Å². The molecule has 10 heteroatoms. The van der Waals surface area contributed by atoms with Gasteiger partial charge in [0, 0.05) is 30.6 Å². The third-order valence-electron chi connectivity index (χ3n) is 5.07. The molecule has 2 aromatic rings. The number of hydrogen-bond donors (Lipinski definition) is 2. The van der Waals surface area contributed by atoms with Crippen LogP contribution in [0.2, 0.25) is 0 Å². The normalized spacial score (nSPS) is 17.2. The van der Waals surface area contributed by atoms with E-state index in [9.17, 15) is 13.2 Å². The van der Waals surface area contributed by atoms with E-state index < -0.39 is 10.0 Å². The fraction of sp³-hybridized carbons (Fsp3) is 0.474. The van der Waals surface area contributed by atoms with Gasteiger partial charge in [0.15, 0.2) is 0 Å². The third kappa shape index (κ3) is 5.83. The molecule has 1 aromatic carbocycles. The van der Waals surface area contributed by atoms with Gasteiger partial charge in [-0.1, -0.05) is 0 Å². The van der Waals surface area contributed by atoms with Crippen LogP contribution in [0.4, 0.5) is 5.69 Å². The largest absolute Gasteiger partial charge is 0.375 e. The Labute approximate surface area is 175 Å². The SMILES string of the molecule is CO[C@@H](C)c1nc(CN2CCC(C(=O)Nc3ccc(S(N)(=O)=O)cc3)CC2)cs1. The molecule has 0 aliphatic carbocycles. The third-order valence-corrected chi connectivity index (χ3v) is 7.05. The van der Waals surface area contributed by atoms with Crippen molar-refractivity contribution in [1.82, 2.24) is 9.88 Å². The number of nitrogens with one attached hydrogen (secondary N) is 1. The number of rotatable bonds is 7. The number of benzene rings is 1. The zero-order chi connectivity index (χ0) is 21.0. The summed E-state index contributed by atoms with van der Waals surface area (Å²) < 4.78 is 27.9. The molecule has 8 nitrogen and oxygen atoms in total. The number of likely N-dealkylation sites (tertiary alicyclic amines) is 1. The predicted molar refractivity (Wildman–Crippen MR) is 112 cm³/mol. The first-order valence-corrected chi connectivity index (χ1v) is 11.8. The summed E-state index contributed by atoms with van der Waals surface area (Å²) in [5, 5.41) is 11.0. The highest BCUT2D eigenvalue weighted by molar-refractivity contribution is 7.89. The van der Waals surface area contributed by atoms with Crippen LogP contribution >= 0.6 is 11.3 Å². The number of sulfonamides is 1. The number of aromatic nitrogens is 1. The average molecular weight is 439 g/mol. The van der Waals surface area contributed by atoms with Crippen LogP contribution in [-0.4, -0.2) is 44.4 Å². The van der Waals surface area contributed by atoms with Gasteiger partial charge in [-0.15, -0.1) is 11.3 Å². The van der Waals surface area contributed by atoms with Crippen molar-refractivity contribution >= 4 is 33.0 Å². The molecule has 3 rings (SSSR count). The summed E-state index contributed by atoms with van der Waals surface area (Å²) in [6.45, 7) is 4.41. The lowest BCUT2D eigenvalue weighted by molar-refractivity contribution is -0.121. The van der Waals surface area contributed by atoms with Crippen LogP contribution in [0.3, 0.4) is 0 Å². The number of carbonyl (C=O) groups excluding carboxylic acids is 1. The Morgan fingerprint density at radius 1 is 1.34 bits per heavy atom. The van der Waals surface area contributed by atoms with Crippen molar-refractivity contribution in [3.63, 3.8) is 0 Å². The molecule has 1 saturated heterocycles. The van der Waals surface area contributed by atoms with Crippen molar-refractivity contribution in [1.29, 1.82) is 0 Å². The van der Waals surface area contributed by atoms with Gasteiger partial charge in [0.1, 0.15) is 11.1 Å². The molecule has 1 aliphatic rings. The number of hydrogen-bond acceptors (Lipinski definition) is 7. The van der Waals surface area contributed by atoms with Gasteiger partial charge in [0.05, 0.1) is 10.6 Å². The van der Waals surface area contributed by atoms with Crippen LogP contribution in [-0.2, 0) is 26.1 Å². The molecule has 1 amide bonds. The first kappa shape index (κ1) is 21.8. The van der Waals surface area contributed by atoms with Crippen LogP contribution in [0, 0.1) is 5.92 Å². The number of methoxy groups -OCH3 is 1. The summed E-state index contributed by atoms with van der Waals surface area (Å²) in [6.07, 6.45) is 1.54. The van der Waals surface area contributed by atoms with Gasteiger partial charge in [-0.2, -0.15) is 0 Å². The second-order valence-corrected chi connectivity index (χ2v) is 9.62. The maximum atomic E-state index is 12.5. The lowest BCUT2D eigenvalue weighted by Crippen LogP contribution is -2.37. The molecule has 0 unspecified atom stereocenters. The van der Waals surface area contributed by atoms with Crippen molar-refractivity contribution in [3.05, 3.63) is 40.3 Å². The zero-order valence-electron chi connectivity index (χ0n) is 16.5. The number of nitrogens with two attached hydrogens (primary N) is 1. The lowest BCUT2D eigenvalue weighted by atomic mass is 9.95. The molecule has 1 atom stereocenters. The minimum Gasteiger partial charge on any atom is -0.375 e. The smallest absolute Gasteiger partial charge is 0.238 e. The number of thiazole rings is 1. The van der Waals surface area contributed by atoms with Crippen molar-refractivity contribution in [3.8, 4) is 0 Å². The fourth-order valence-electron chi connectivity index (χ4n) is 3.24. The van der Waals surface area contributed by atoms with Crippen molar-refractivity contribution in [2.24, 2.45) is 11.1 Å². The topological polar surface area (TPSA) is 115 Å². The minimum atomic E-state index is -3.74. The lowest BCUT2D eigenvalue weighted by Gasteiger charge is -2.30. The molecule has 29 heavy (non-hydrogen) atoms. The van der Waals surface area contributed by atoms with E-state index in [1.165, 1.54) is 12.1 Å². The Kier molecular flexibility index (Phi) is 7.01. The Bertz CT molecular complexity index is 935. The molecule has 1 fully saturated rings. The highest BCUT2D eigenvalue weighted by Crippen LogP contribution is 2.24. The molecule has 2 heterocycles. The number of anilines is 1. The van der Waals surface area contributed by atoms with Gasteiger partial charge in [-0.25, -0.2) is 18.5 Å². The highest BCUT2D eigenvalue weighted by atomic mass is 32.2. The zero-order valence-corrected chi connectivity index (χ0v) is 18.1. The van der Waals surface area contributed by atoms with E-state index in [0.717, 1.165) is 43.2 Å². The number of amides is 1. The van der Waals surface area contributed by atoms with Crippen molar-refractivity contribution < 1.29 is 17.9 Å². The summed E-state index contributed by atoms with van der Waals surface area (Å²) in [5.74, 6) is -0.110. The van der Waals surface area contributed by atoms with Gasteiger partial charge in [0.25, 0.3) is 0 Å². The molecule has 158 valence electrons. The van der Waals surface area contributed by atoms with Crippen LogP contribution in [0.1, 0.15) is 36.6 Å². The molecular weight excluding hydrogens is 412 g/mol. The second-order valence-electron chi connectivity index (χ2n) is 7.16. The average Bonchev–Trinajstić information content (AvgIpc) is 3.16.